The predicted octanol–water partition coefficient (Wildman–Crippen LogP) is 5.73. The van der Waals surface area contributed by atoms with Crippen LogP contribution in [-0.4, -0.2) is 4.98 Å². The standard InChI is InChI=1S/C16H10Cl3N3S/c17-12-6-8-13(9-7-12)20-16-21-15(11-4-2-1-3-5-11)22(23-16)10-14(18)19/h1-10H/p+1. The lowest BCUT2D eigenvalue weighted by Crippen LogP contribution is -2.23. The summed E-state index contributed by atoms with van der Waals surface area (Å²) in [4.78, 5) is 4.63. The minimum atomic E-state index is 0.161. The van der Waals surface area contributed by atoms with Crippen molar-refractivity contribution in [1.29, 1.82) is 0 Å². The molecule has 3 nitrogen and oxygen atoms in total. The Morgan fingerprint density at radius 3 is 2.39 bits per heavy atom. The molecule has 0 saturated carbocycles. The minimum absolute atomic E-state index is 0.161. The van der Waals surface area contributed by atoms with Gasteiger partial charge in [-0.25, -0.2) is 0 Å². The van der Waals surface area contributed by atoms with Crippen LogP contribution in [0.1, 0.15) is 0 Å². The van der Waals surface area contributed by atoms with E-state index in [1.165, 1.54) is 11.5 Å². The molecule has 0 fully saturated rings. The second-order valence-electron chi connectivity index (χ2n) is 4.57. The smallest absolute Gasteiger partial charge is 0.308 e. The lowest BCUT2D eigenvalue weighted by atomic mass is 10.2. The minimum Gasteiger partial charge on any atom is -0.308 e. The van der Waals surface area contributed by atoms with Gasteiger partial charge in [0.2, 0.25) is 0 Å². The zero-order valence-corrected chi connectivity index (χ0v) is 14.8. The van der Waals surface area contributed by atoms with Crippen molar-refractivity contribution in [3.8, 4) is 11.4 Å². The highest BCUT2D eigenvalue weighted by Crippen LogP contribution is 2.24. The Morgan fingerprint density at radius 2 is 1.74 bits per heavy atom. The Morgan fingerprint density at radius 1 is 1.04 bits per heavy atom. The van der Waals surface area contributed by atoms with Gasteiger partial charge in [-0.05, 0) is 41.4 Å². The van der Waals surface area contributed by atoms with Crippen LogP contribution in [0, 0.1) is 0 Å². The SMILES string of the molecule is ClC(Cl)=C[n+]1sc(Nc2ccc(Cl)cc2)nc1-c1ccccc1. The molecule has 3 rings (SSSR count). The van der Waals surface area contributed by atoms with E-state index in [0.717, 1.165) is 22.2 Å². The van der Waals surface area contributed by atoms with Crippen LogP contribution in [-0.2, 0) is 0 Å². The Labute approximate surface area is 152 Å². The number of hydrogen-bond acceptors (Lipinski definition) is 3. The largest absolute Gasteiger partial charge is 0.350 e. The van der Waals surface area contributed by atoms with Crippen LogP contribution in [0.4, 0.5) is 10.8 Å². The molecule has 0 bridgehead atoms. The molecule has 1 heterocycles. The molecule has 0 amide bonds. The summed E-state index contributed by atoms with van der Waals surface area (Å²) in [6.45, 7) is 0. The molecule has 0 aliphatic heterocycles. The van der Waals surface area contributed by atoms with E-state index in [-0.39, 0.29) is 4.49 Å². The van der Waals surface area contributed by atoms with Crippen molar-refractivity contribution in [1.82, 2.24) is 4.98 Å². The average Bonchev–Trinajstić information content (AvgIpc) is 2.92. The Bertz CT molecular complexity index is 826. The van der Waals surface area contributed by atoms with Gasteiger partial charge in [0.1, 0.15) is 22.2 Å². The number of halogens is 3. The maximum absolute atomic E-state index is 5.90. The average molecular weight is 384 g/mol. The van der Waals surface area contributed by atoms with Gasteiger partial charge in [-0.15, -0.1) is 3.96 Å². The van der Waals surface area contributed by atoms with Crippen LogP contribution in [0.3, 0.4) is 0 Å². The first kappa shape index (κ1) is 16.3. The van der Waals surface area contributed by atoms with Crippen molar-refractivity contribution < 1.29 is 3.96 Å². The molecule has 0 unspecified atom stereocenters. The van der Waals surface area contributed by atoms with E-state index < -0.39 is 0 Å². The molecule has 0 saturated heterocycles. The van der Waals surface area contributed by atoms with Crippen LogP contribution < -0.4 is 9.27 Å². The molecule has 0 radical (unpaired) electrons. The molecule has 7 heteroatoms. The van der Waals surface area contributed by atoms with Gasteiger partial charge in [-0.1, -0.05) is 53.0 Å². The van der Waals surface area contributed by atoms with Crippen LogP contribution >= 0.6 is 46.3 Å². The third-order valence-corrected chi connectivity index (χ3v) is 4.23. The van der Waals surface area contributed by atoms with Gasteiger partial charge in [0.05, 0.1) is 5.56 Å². The molecule has 0 aliphatic rings. The fourth-order valence-corrected chi connectivity index (χ4v) is 3.27. The number of benzene rings is 2. The molecular weight excluding hydrogens is 373 g/mol. The van der Waals surface area contributed by atoms with Crippen molar-refractivity contribution >= 4 is 63.4 Å². The molecule has 116 valence electrons. The molecule has 3 aromatic rings. The van der Waals surface area contributed by atoms with Gasteiger partial charge in [0, 0.05) is 10.7 Å². The van der Waals surface area contributed by atoms with E-state index in [1.807, 2.05) is 58.6 Å². The van der Waals surface area contributed by atoms with E-state index in [9.17, 15) is 0 Å². The summed E-state index contributed by atoms with van der Waals surface area (Å²) >= 11 is 18.9. The Balaban J connectivity index is 1.97. The molecular formula is C16H11Cl3N3S+. The van der Waals surface area contributed by atoms with Crippen LogP contribution in [0.15, 0.2) is 59.1 Å². The van der Waals surface area contributed by atoms with Crippen molar-refractivity contribution in [3.05, 3.63) is 64.1 Å². The number of nitrogens with one attached hydrogen (secondary N) is 1. The van der Waals surface area contributed by atoms with E-state index >= 15 is 0 Å². The van der Waals surface area contributed by atoms with Crippen LogP contribution in [0.25, 0.3) is 17.6 Å². The summed E-state index contributed by atoms with van der Waals surface area (Å²) in [5.41, 5.74) is 1.87. The monoisotopic (exact) mass is 382 g/mol. The van der Waals surface area contributed by atoms with Gasteiger partial charge < -0.3 is 5.32 Å². The maximum atomic E-state index is 5.90. The van der Waals surface area contributed by atoms with E-state index in [1.54, 1.807) is 6.20 Å². The first-order chi connectivity index (χ1) is 11.1. The number of rotatable bonds is 4. The summed E-state index contributed by atoms with van der Waals surface area (Å²) < 4.78 is 1.98. The fourth-order valence-electron chi connectivity index (χ4n) is 1.96. The van der Waals surface area contributed by atoms with Crippen LogP contribution in [0.2, 0.25) is 5.02 Å². The second-order valence-corrected chi connectivity index (χ2v) is 6.98. The third-order valence-electron chi connectivity index (χ3n) is 2.94. The fraction of sp³-hybridized carbons (Fsp3) is 0. The zero-order chi connectivity index (χ0) is 16.2. The van der Waals surface area contributed by atoms with Crippen molar-refractivity contribution in [2.45, 2.75) is 0 Å². The number of anilines is 2. The summed E-state index contributed by atoms with van der Waals surface area (Å²) in [7, 11) is 0. The molecule has 23 heavy (non-hydrogen) atoms. The summed E-state index contributed by atoms with van der Waals surface area (Å²) in [5, 5.41) is 4.65. The van der Waals surface area contributed by atoms with Crippen LogP contribution in [0.5, 0.6) is 0 Å². The van der Waals surface area contributed by atoms with Gasteiger partial charge in [0.15, 0.2) is 0 Å². The first-order valence-corrected chi connectivity index (χ1v) is 8.56. The summed E-state index contributed by atoms with van der Waals surface area (Å²) in [6.07, 6.45) is 1.62. The highest BCUT2D eigenvalue weighted by molar-refractivity contribution is 7.06. The van der Waals surface area contributed by atoms with Crippen molar-refractivity contribution in [2.24, 2.45) is 0 Å². The summed E-state index contributed by atoms with van der Waals surface area (Å²) in [5.74, 6) is 0.755. The molecule has 0 spiro atoms. The van der Waals surface area contributed by atoms with E-state index in [4.69, 9.17) is 34.8 Å². The molecule has 1 aromatic heterocycles. The predicted molar refractivity (Wildman–Crippen MR) is 98.5 cm³/mol. The highest BCUT2D eigenvalue weighted by Gasteiger charge is 2.22. The van der Waals surface area contributed by atoms with Gasteiger partial charge in [-0.2, -0.15) is 0 Å². The highest BCUT2D eigenvalue weighted by atomic mass is 35.5. The Kier molecular flexibility index (Phi) is 5.18. The van der Waals surface area contributed by atoms with Gasteiger partial charge >= 0.3 is 11.0 Å². The topological polar surface area (TPSA) is 28.8 Å². The Hall–Kier alpha value is -1.59. The van der Waals surface area contributed by atoms with Gasteiger partial charge in [-0.3, -0.25) is 0 Å². The second kappa shape index (κ2) is 7.32. The number of hydrogen-bond donors (Lipinski definition) is 1. The first-order valence-electron chi connectivity index (χ1n) is 6.65. The van der Waals surface area contributed by atoms with Crippen molar-refractivity contribution in [3.63, 3.8) is 0 Å². The third kappa shape index (κ3) is 4.24. The van der Waals surface area contributed by atoms with Crippen molar-refractivity contribution in [2.75, 3.05) is 5.32 Å². The zero-order valence-electron chi connectivity index (χ0n) is 11.7. The van der Waals surface area contributed by atoms with Gasteiger partial charge in [0.25, 0.3) is 0 Å². The molecule has 0 atom stereocenters. The maximum Gasteiger partial charge on any atom is 0.350 e. The summed E-state index contributed by atoms with van der Waals surface area (Å²) in [6, 6.07) is 17.2. The molecule has 2 aromatic carbocycles. The lowest BCUT2D eigenvalue weighted by Gasteiger charge is -1.97. The molecule has 1 N–H and O–H groups in total. The molecule has 0 aliphatic carbocycles. The normalized spacial score (nSPS) is 10.4. The quantitative estimate of drug-likeness (QED) is 0.583. The van der Waals surface area contributed by atoms with E-state index in [2.05, 4.69) is 10.3 Å². The lowest BCUT2D eigenvalue weighted by molar-refractivity contribution is -0.480. The number of nitrogens with zero attached hydrogens (tertiary/aromatic N) is 2. The van der Waals surface area contributed by atoms with E-state index in [0.29, 0.717) is 5.02 Å². The number of aromatic nitrogens is 2.